The van der Waals surface area contributed by atoms with Gasteiger partial charge in [0.1, 0.15) is 0 Å². The molecule has 1 aromatic carbocycles. The minimum absolute atomic E-state index is 0.173. The molecule has 1 atom stereocenters. The lowest BCUT2D eigenvalue weighted by molar-refractivity contribution is 0.371. The molecule has 0 heterocycles. The van der Waals surface area contributed by atoms with Gasteiger partial charge in [-0.15, -0.1) is 0 Å². The number of rotatable bonds is 4. The third kappa shape index (κ3) is 4.17. The molecular formula is C11H17O3P. The normalized spacial score (nSPS) is 13.9. The van der Waals surface area contributed by atoms with Crippen molar-refractivity contribution in [1.82, 2.24) is 0 Å². The van der Waals surface area contributed by atoms with E-state index in [1.807, 2.05) is 12.1 Å². The molecule has 1 rings (SSSR count). The van der Waals surface area contributed by atoms with Crippen LogP contribution in [-0.4, -0.2) is 9.79 Å². The fraction of sp³-hybridized carbons (Fsp3) is 0.455. The van der Waals surface area contributed by atoms with Crippen LogP contribution in [0.15, 0.2) is 24.3 Å². The Morgan fingerprint density at radius 3 is 2.20 bits per heavy atom. The zero-order valence-electron chi connectivity index (χ0n) is 9.05. The van der Waals surface area contributed by atoms with Gasteiger partial charge in [0, 0.05) is 0 Å². The van der Waals surface area contributed by atoms with E-state index in [-0.39, 0.29) is 6.16 Å². The van der Waals surface area contributed by atoms with Crippen molar-refractivity contribution in [3.05, 3.63) is 35.4 Å². The average molecular weight is 228 g/mol. The van der Waals surface area contributed by atoms with Crippen molar-refractivity contribution < 1.29 is 14.4 Å². The van der Waals surface area contributed by atoms with Gasteiger partial charge in [-0.3, -0.25) is 4.57 Å². The Bertz CT molecular complexity index is 353. The zero-order chi connectivity index (χ0) is 11.5. The topological polar surface area (TPSA) is 57.5 Å². The van der Waals surface area contributed by atoms with E-state index in [0.29, 0.717) is 11.5 Å². The van der Waals surface area contributed by atoms with Gasteiger partial charge in [-0.2, -0.15) is 0 Å². The Kier molecular flexibility index (Phi) is 4.09. The molecule has 84 valence electrons. The van der Waals surface area contributed by atoms with E-state index in [1.165, 1.54) is 5.56 Å². The summed E-state index contributed by atoms with van der Waals surface area (Å²) in [5.41, 5.74) is 1.90. The van der Waals surface area contributed by atoms with Crippen LogP contribution in [0.5, 0.6) is 0 Å². The third-order valence-electron chi connectivity index (χ3n) is 2.55. The Hall–Kier alpha value is -0.630. The Labute approximate surface area is 90.3 Å². The van der Waals surface area contributed by atoms with Crippen LogP contribution in [0.1, 0.15) is 37.3 Å². The fourth-order valence-corrected chi connectivity index (χ4v) is 2.11. The number of hydrogen-bond donors (Lipinski definition) is 2. The van der Waals surface area contributed by atoms with Gasteiger partial charge in [-0.05, 0) is 23.5 Å². The first-order valence-corrected chi connectivity index (χ1v) is 6.85. The summed E-state index contributed by atoms with van der Waals surface area (Å²) in [4.78, 5) is 17.6. The minimum atomic E-state index is -3.93. The van der Waals surface area contributed by atoms with E-state index in [4.69, 9.17) is 9.79 Å². The third-order valence-corrected chi connectivity index (χ3v) is 3.33. The summed E-state index contributed by atoms with van der Waals surface area (Å²) in [5, 5.41) is 0. The van der Waals surface area contributed by atoms with Crippen molar-refractivity contribution in [2.24, 2.45) is 0 Å². The molecule has 4 heteroatoms. The molecule has 0 amide bonds. The highest BCUT2D eigenvalue weighted by Gasteiger charge is 2.13. The maximum atomic E-state index is 10.8. The van der Waals surface area contributed by atoms with Crippen molar-refractivity contribution in [2.45, 2.75) is 32.3 Å². The lowest BCUT2D eigenvalue weighted by atomic mass is 9.98. The first kappa shape index (κ1) is 12.4. The molecule has 0 bridgehead atoms. The molecule has 15 heavy (non-hydrogen) atoms. The van der Waals surface area contributed by atoms with Gasteiger partial charge in [0.2, 0.25) is 0 Å². The summed E-state index contributed by atoms with van der Waals surface area (Å²) in [6.45, 7) is 4.26. The summed E-state index contributed by atoms with van der Waals surface area (Å²) >= 11 is 0. The molecule has 0 aliphatic rings. The second kappa shape index (κ2) is 4.93. The lowest BCUT2D eigenvalue weighted by Gasteiger charge is -2.10. The van der Waals surface area contributed by atoms with Gasteiger partial charge in [-0.1, -0.05) is 38.1 Å². The van der Waals surface area contributed by atoms with Crippen LogP contribution in [0.3, 0.4) is 0 Å². The second-order valence-electron chi connectivity index (χ2n) is 3.87. The van der Waals surface area contributed by atoms with Gasteiger partial charge in [-0.25, -0.2) is 0 Å². The smallest absolute Gasteiger partial charge is 0.324 e. The quantitative estimate of drug-likeness (QED) is 0.779. The first-order valence-electron chi connectivity index (χ1n) is 5.06. The molecule has 0 radical (unpaired) electrons. The summed E-state index contributed by atoms with van der Waals surface area (Å²) in [5.74, 6) is 0.495. The molecule has 0 unspecified atom stereocenters. The maximum absolute atomic E-state index is 10.8. The van der Waals surface area contributed by atoms with Crippen LogP contribution >= 0.6 is 7.60 Å². The van der Waals surface area contributed by atoms with Crippen molar-refractivity contribution in [1.29, 1.82) is 0 Å². The summed E-state index contributed by atoms with van der Waals surface area (Å²) in [6.07, 6.45) is 0.894. The van der Waals surface area contributed by atoms with Crippen LogP contribution in [0, 0.1) is 0 Å². The molecule has 0 aromatic heterocycles. The summed E-state index contributed by atoms with van der Waals surface area (Å²) in [7, 11) is -3.93. The Morgan fingerprint density at radius 2 is 1.80 bits per heavy atom. The largest absolute Gasteiger partial charge is 0.329 e. The number of benzene rings is 1. The highest BCUT2D eigenvalue weighted by atomic mass is 31.2. The Morgan fingerprint density at radius 1 is 1.27 bits per heavy atom. The maximum Gasteiger partial charge on any atom is 0.329 e. The number of hydrogen-bond acceptors (Lipinski definition) is 1. The van der Waals surface area contributed by atoms with E-state index in [2.05, 4.69) is 13.8 Å². The molecule has 2 N–H and O–H groups in total. The van der Waals surface area contributed by atoms with E-state index < -0.39 is 7.60 Å². The summed E-state index contributed by atoms with van der Waals surface area (Å²) in [6, 6.07) is 7.47. The van der Waals surface area contributed by atoms with E-state index in [9.17, 15) is 4.57 Å². The molecule has 3 nitrogen and oxygen atoms in total. The monoisotopic (exact) mass is 228 g/mol. The van der Waals surface area contributed by atoms with Crippen molar-refractivity contribution in [3.8, 4) is 0 Å². The van der Waals surface area contributed by atoms with Gasteiger partial charge < -0.3 is 9.79 Å². The van der Waals surface area contributed by atoms with E-state index >= 15 is 0 Å². The fourth-order valence-electron chi connectivity index (χ4n) is 1.43. The molecule has 0 saturated carbocycles. The van der Waals surface area contributed by atoms with E-state index in [0.717, 1.165) is 6.42 Å². The van der Waals surface area contributed by atoms with Crippen molar-refractivity contribution in [2.75, 3.05) is 0 Å². The molecule has 0 spiro atoms. The van der Waals surface area contributed by atoms with Crippen LogP contribution in [0.2, 0.25) is 0 Å². The van der Waals surface area contributed by atoms with Crippen LogP contribution < -0.4 is 0 Å². The highest BCUT2D eigenvalue weighted by molar-refractivity contribution is 7.50. The average Bonchev–Trinajstić information content (AvgIpc) is 2.15. The lowest BCUT2D eigenvalue weighted by Crippen LogP contribution is -1.92. The first-order chi connectivity index (χ1) is 6.92. The zero-order valence-corrected chi connectivity index (χ0v) is 9.95. The second-order valence-corrected chi connectivity index (χ2v) is 5.52. The van der Waals surface area contributed by atoms with Crippen molar-refractivity contribution >= 4 is 7.60 Å². The van der Waals surface area contributed by atoms with Gasteiger partial charge in [0.15, 0.2) is 0 Å². The Balaban J connectivity index is 2.77. The predicted octanol–water partition coefficient (Wildman–Crippen LogP) is 2.88. The van der Waals surface area contributed by atoms with E-state index in [1.54, 1.807) is 12.1 Å². The van der Waals surface area contributed by atoms with Gasteiger partial charge in [0.25, 0.3) is 0 Å². The standard InChI is InChI=1S/C11H17O3P/c1-3-9(2)11-6-4-10(5-7-11)8-15(12,13)14/h4-7,9H,3,8H2,1-2H3,(H2,12,13,14)/t9-/m0/s1. The molecule has 0 fully saturated rings. The van der Waals surface area contributed by atoms with Crippen LogP contribution in [0.4, 0.5) is 0 Å². The van der Waals surface area contributed by atoms with Crippen molar-refractivity contribution in [3.63, 3.8) is 0 Å². The van der Waals surface area contributed by atoms with Crippen LogP contribution in [0.25, 0.3) is 0 Å². The molecule has 1 aromatic rings. The SMILES string of the molecule is CC[C@H](C)c1ccc(CP(=O)(O)O)cc1. The molecular weight excluding hydrogens is 211 g/mol. The predicted molar refractivity (Wildman–Crippen MR) is 60.9 cm³/mol. The molecule has 0 aliphatic heterocycles. The van der Waals surface area contributed by atoms with Gasteiger partial charge in [0.05, 0.1) is 6.16 Å². The highest BCUT2D eigenvalue weighted by Crippen LogP contribution is 2.39. The van der Waals surface area contributed by atoms with Gasteiger partial charge >= 0.3 is 7.60 Å². The van der Waals surface area contributed by atoms with Crippen LogP contribution in [-0.2, 0) is 10.7 Å². The summed E-state index contributed by atoms with van der Waals surface area (Å²) < 4.78 is 10.8. The molecule has 0 saturated heterocycles. The minimum Gasteiger partial charge on any atom is -0.324 e. The molecule has 0 aliphatic carbocycles.